The van der Waals surface area contributed by atoms with E-state index < -0.39 is 5.79 Å². The molecule has 0 fully saturated rings. The first-order chi connectivity index (χ1) is 16.6. The van der Waals surface area contributed by atoms with Crippen LogP contribution in [0.5, 0.6) is 0 Å². The fraction of sp³-hybridized carbons (Fsp3) is 0.320. The molecule has 2 heterocycles. The molecule has 0 spiro atoms. The number of tetrazole rings is 1. The number of hydrogen-bond donors (Lipinski definition) is 1. The second-order valence-corrected chi connectivity index (χ2v) is 7.75. The Bertz CT molecular complexity index is 1220. The van der Waals surface area contributed by atoms with Gasteiger partial charge in [0.1, 0.15) is 0 Å². The molecule has 4 aromatic rings. The fourth-order valence-electron chi connectivity index (χ4n) is 3.86. The van der Waals surface area contributed by atoms with Crippen LogP contribution in [0.2, 0.25) is 0 Å². The Morgan fingerprint density at radius 1 is 1.00 bits per heavy atom. The number of nitrogens with zero attached hydrogens (tertiary/aromatic N) is 6. The van der Waals surface area contributed by atoms with Crippen LogP contribution in [0, 0.1) is 0 Å². The van der Waals surface area contributed by atoms with Crippen LogP contribution in [-0.2, 0) is 21.8 Å². The van der Waals surface area contributed by atoms with Crippen molar-refractivity contribution in [1.29, 1.82) is 0 Å². The maximum atomic E-state index is 5.65. The van der Waals surface area contributed by atoms with Crippen molar-refractivity contribution in [1.82, 2.24) is 35.4 Å². The molecule has 0 aliphatic rings. The van der Waals surface area contributed by atoms with Crippen LogP contribution >= 0.6 is 0 Å². The normalized spacial score (nSPS) is 12.0. The van der Waals surface area contributed by atoms with Crippen molar-refractivity contribution in [2.75, 3.05) is 14.2 Å². The highest BCUT2D eigenvalue weighted by molar-refractivity contribution is 5.80. The summed E-state index contributed by atoms with van der Waals surface area (Å²) in [5.74, 6) is 0.873. The van der Waals surface area contributed by atoms with Crippen molar-refractivity contribution < 1.29 is 9.47 Å². The zero-order valence-corrected chi connectivity index (χ0v) is 19.9. The molecule has 0 amide bonds. The van der Waals surface area contributed by atoms with Crippen molar-refractivity contribution in [3.05, 3.63) is 71.8 Å². The first-order valence-electron chi connectivity index (χ1n) is 11.3. The Morgan fingerprint density at radius 3 is 2.35 bits per heavy atom. The van der Waals surface area contributed by atoms with Crippen LogP contribution in [-0.4, -0.2) is 49.6 Å². The zero-order valence-electron chi connectivity index (χ0n) is 19.9. The Morgan fingerprint density at radius 2 is 1.74 bits per heavy atom. The second kappa shape index (κ2) is 10.5. The molecule has 0 saturated heterocycles. The van der Waals surface area contributed by atoms with E-state index in [0.29, 0.717) is 24.6 Å². The van der Waals surface area contributed by atoms with Gasteiger partial charge in [-0.25, -0.2) is 9.67 Å². The quantitative estimate of drug-likeness (QED) is 0.349. The minimum atomic E-state index is -0.969. The number of nitrogens with one attached hydrogen (secondary N) is 1. The number of benzene rings is 2. The lowest BCUT2D eigenvalue weighted by atomic mass is 9.98. The summed E-state index contributed by atoms with van der Waals surface area (Å²) >= 11 is 0. The number of ether oxygens (including phenoxy) is 2. The third kappa shape index (κ3) is 4.66. The number of aromatic amines is 1. The minimum absolute atomic E-state index is 0.515. The summed E-state index contributed by atoms with van der Waals surface area (Å²) in [6.45, 7) is 4.64. The molecule has 0 unspecified atom stereocenters. The lowest BCUT2D eigenvalue weighted by Crippen LogP contribution is -2.31. The van der Waals surface area contributed by atoms with Crippen molar-refractivity contribution in [3.8, 4) is 22.5 Å². The Labute approximate surface area is 198 Å². The summed E-state index contributed by atoms with van der Waals surface area (Å²) in [5.41, 5.74) is 4.13. The molecule has 0 aliphatic heterocycles. The van der Waals surface area contributed by atoms with Crippen molar-refractivity contribution in [2.24, 2.45) is 0 Å². The molecule has 0 atom stereocenters. The van der Waals surface area contributed by atoms with E-state index in [9.17, 15) is 0 Å². The van der Waals surface area contributed by atoms with E-state index in [1.807, 2.05) is 35.9 Å². The average molecular weight is 460 g/mol. The third-order valence-electron chi connectivity index (χ3n) is 5.78. The van der Waals surface area contributed by atoms with Gasteiger partial charge in [0.05, 0.1) is 6.54 Å². The van der Waals surface area contributed by atoms with E-state index in [1.165, 1.54) is 0 Å². The number of methoxy groups -OCH3 is 2. The lowest BCUT2D eigenvalue weighted by molar-refractivity contribution is -0.222. The largest absolute Gasteiger partial charge is 0.347 e. The van der Waals surface area contributed by atoms with E-state index in [1.54, 1.807) is 14.2 Å². The first kappa shape index (κ1) is 23.5. The average Bonchev–Trinajstić information content (AvgIpc) is 3.56. The molecular weight excluding hydrogens is 430 g/mol. The molecule has 34 heavy (non-hydrogen) atoms. The van der Waals surface area contributed by atoms with Crippen molar-refractivity contribution >= 4 is 6.08 Å². The molecule has 0 saturated carbocycles. The number of hydrogen-bond acceptors (Lipinski definition) is 7. The lowest BCUT2D eigenvalue weighted by Gasteiger charge is -2.26. The van der Waals surface area contributed by atoms with Gasteiger partial charge in [0.25, 0.3) is 0 Å². The second-order valence-electron chi connectivity index (χ2n) is 7.75. The van der Waals surface area contributed by atoms with Crippen LogP contribution in [0.1, 0.15) is 43.9 Å². The molecule has 2 aromatic heterocycles. The molecule has 9 heteroatoms. The van der Waals surface area contributed by atoms with Gasteiger partial charge in [-0.15, -0.1) is 15.3 Å². The van der Waals surface area contributed by atoms with E-state index in [0.717, 1.165) is 34.5 Å². The topological polar surface area (TPSA) is 104 Å². The van der Waals surface area contributed by atoms with E-state index in [-0.39, 0.29) is 0 Å². The first-order valence-corrected chi connectivity index (χ1v) is 11.3. The Kier molecular flexibility index (Phi) is 7.24. The molecule has 0 aliphatic carbocycles. The van der Waals surface area contributed by atoms with Crippen LogP contribution in [0.3, 0.4) is 0 Å². The Balaban J connectivity index is 1.64. The predicted molar refractivity (Wildman–Crippen MR) is 129 cm³/mol. The SMILES string of the molecule is CC/C=C/c1nc(C(CC)(OC)OC)nn1Cc1ccc(-c2ccccc2-c2nn[nH]n2)cc1. The zero-order chi connectivity index (χ0) is 24.0. The maximum Gasteiger partial charge on any atom is 0.231 e. The standard InChI is InChI=1S/C25H29N7O2/c1-5-7-12-22-26-24(25(6-2,33-3)34-4)29-32(22)17-18-13-15-19(16-14-18)20-10-8-9-11-21(20)23-27-30-31-28-23/h7-16H,5-6,17H2,1-4H3,(H,27,28,30,31)/b12-7+. The molecule has 4 rings (SSSR count). The minimum Gasteiger partial charge on any atom is -0.347 e. The van der Waals surface area contributed by atoms with Gasteiger partial charge in [-0.05, 0) is 34.4 Å². The number of allylic oxidation sites excluding steroid dienone is 1. The predicted octanol–water partition coefficient (Wildman–Crippen LogP) is 4.45. The smallest absolute Gasteiger partial charge is 0.231 e. The van der Waals surface area contributed by atoms with E-state index in [4.69, 9.17) is 19.6 Å². The van der Waals surface area contributed by atoms with E-state index >= 15 is 0 Å². The Hall–Kier alpha value is -3.69. The van der Waals surface area contributed by atoms with Gasteiger partial charge in [-0.1, -0.05) is 68.5 Å². The van der Waals surface area contributed by atoms with E-state index in [2.05, 4.69) is 64.0 Å². The summed E-state index contributed by atoms with van der Waals surface area (Å²) < 4.78 is 13.2. The molecule has 0 radical (unpaired) electrons. The van der Waals surface area contributed by atoms with Gasteiger partial charge >= 0.3 is 0 Å². The van der Waals surface area contributed by atoms with Gasteiger partial charge in [-0.3, -0.25) is 0 Å². The highest BCUT2D eigenvalue weighted by Gasteiger charge is 2.35. The van der Waals surface area contributed by atoms with Gasteiger partial charge in [0, 0.05) is 26.2 Å². The molecule has 9 nitrogen and oxygen atoms in total. The van der Waals surface area contributed by atoms with Crippen LogP contribution in [0.15, 0.2) is 54.6 Å². The van der Waals surface area contributed by atoms with Crippen molar-refractivity contribution in [2.45, 2.75) is 39.0 Å². The van der Waals surface area contributed by atoms with Gasteiger partial charge in [-0.2, -0.15) is 5.21 Å². The maximum absolute atomic E-state index is 5.65. The van der Waals surface area contributed by atoms with Crippen LogP contribution in [0.25, 0.3) is 28.6 Å². The summed E-state index contributed by atoms with van der Waals surface area (Å²) in [4.78, 5) is 4.73. The molecule has 2 aromatic carbocycles. The number of rotatable bonds is 10. The highest BCUT2D eigenvalue weighted by atomic mass is 16.7. The third-order valence-corrected chi connectivity index (χ3v) is 5.78. The monoisotopic (exact) mass is 459 g/mol. The molecule has 0 bridgehead atoms. The van der Waals surface area contributed by atoms with Gasteiger partial charge in [0.15, 0.2) is 5.82 Å². The number of aromatic nitrogens is 7. The molecule has 176 valence electrons. The van der Waals surface area contributed by atoms with Crippen LogP contribution < -0.4 is 0 Å². The summed E-state index contributed by atoms with van der Waals surface area (Å²) in [6.07, 6.45) is 5.55. The summed E-state index contributed by atoms with van der Waals surface area (Å²) in [5, 5.41) is 19.2. The fourth-order valence-corrected chi connectivity index (χ4v) is 3.86. The summed E-state index contributed by atoms with van der Waals surface area (Å²) in [7, 11) is 3.22. The highest BCUT2D eigenvalue weighted by Crippen LogP contribution is 2.30. The van der Waals surface area contributed by atoms with Gasteiger partial charge in [0.2, 0.25) is 17.4 Å². The van der Waals surface area contributed by atoms with Gasteiger partial charge < -0.3 is 9.47 Å². The molecular formula is C25H29N7O2. The van der Waals surface area contributed by atoms with Crippen molar-refractivity contribution in [3.63, 3.8) is 0 Å². The summed E-state index contributed by atoms with van der Waals surface area (Å²) in [6, 6.07) is 16.4. The van der Waals surface area contributed by atoms with Crippen LogP contribution in [0.4, 0.5) is 0 Å². The number of H-pyrrole nitrogens is 1. The molecule has 1 N–H and O–H groups in total.